The molecule has 0 aliphatic rings. The summed E-state index contributed by atoms with van der Waals surface area (Å²) in [5.41, 5.74) is 9.17. The topological polar surface area (TPSA) is 38.0 Å². The van der Waals surface area contributed by atoms with Crippen molar-refractivity contribution in [3.8, 4) is 0 Å². The third-order valence-electron chi connectivity index (χ3n) is 2.71. The summed E-state index contributed by atoms with van der Waals surface area (Å²) in [5, 5.41) is 3.43. The van der Waals surface area contributed by atoms with E-state index in [1.165, 1.54) is 11.1 Å². The van der Waals surface area contributed by atoms with Crippen molar-refractivity contribution in [3.63, 3.8) is 0 Å². The summed E-state index contributed by atoms with van der Waals surface area (Å²) in [7, 11) is 0. The summed E-state index contributed by atoms with van der Waals surface area (Å²) in [4.78, 5) is 0. The van der Waals surface area contributed by atoms with Crippen LogP contribution < -0.4 is 11.1 Å². The van der Waals surface area contributed by atoms with Crippen LogP contribution in [0.1, 0.15) is 11.1 Å². The minimum atomic E-state index is 0.838. The first-order valence-electron chi connectivity index (χ1n) is 5.93. The standard InChI is InChI=1S/C15H18N2/c16-15-8-4-7-13(11-15)9-10-17-12-14-5-2-1-3-6-14/h1-8,11,17H,9-10,12,16H2. The van der Waals surface area contributed by atoms with Crippen LogP contribution in [0, 0.1) is 0 Å². The molecule has 0 saturated carbocycles. The summed E-state index contributed by atoms with van der Waals surface area (Å²) in [6, 6.07) is 18.5. The lowest BCUT2D eigenvalue weighted by Gasteiger charge is -2.05. The Bertz CT molecular complexity index is 451. The van der Waals surface area contributed by atoms with E-state index in [9.17, 15) is 0 Å². The zero-order valence-corrected chi connectivity index (χ0v) is 9.89. The number of nitrogens with two attached hydrogens (primary N) is 1. The summed E-state index contributed by atoms with van der Waals surface area (Å²) in [6.45, 7) is 1.89. The van der Waals surface area contributed by atoms with Gasteiger partial charge in [-0.25, -0.2) is 0 Å². The molecule has 2 aromatic rings. The van der Waals surface area contributed by atoms with Crippen LogP contribution >= 0.6 is 0 Å². The fraction of sp³-hybridized carbons (Fsp3) is 0.200. The van der Waals surface area contributed by atoms with Gasteiger partial charge in [-0.3, -0.25) is 0 Å². The van der Waals surface area contributed by atoms with E-state index in [1.807, 2.05) is 24.3 Å². The van der Waals surface area contributed by atoms with Crippen LogP contribution in [-0.4, -0.2) is 6.54 Å². The molecule has 0 atom stereocenters. The van der Waals surface area contributed by atoms with Crippen LogP contribution in [0.2, 0.25) is 0 Å². The van der Waals surface area contributed by atoms with Crippen LogP contribution in [0.25, 0.3) is 0 Å². The highest BCUT2D eigenvalue weighted by molar-refractivity contribution is 5.40. The fourth-order valence-electron chi connectivity index (χ4n) is 1.81. The molecule has 2 nitrogen and oxygen atoms in total. The average Bonchev–Trinajstić information content (AvgIpc) is 2.36. The third-order valence-corrected chi connectivity index (χ3v) is 2.71. The van der Waals surface area contributed by atoms with Crippen molar-refractivity contribution in [3.05, 3.63) is 65.7 Å². The van der Waals surface area contributed by atoms with Crippen LogP contribution in [0.4, 0.5) is 5.69 Å². The Labute approximate surface area is 102 Å². The minimum Gasteiger partial charge on any atom is -0.399 e. The SMILES string of the molecule is Nc1cccc(CCNCc2ccccc2)c1. The van der Waals surface area contributed by atoms with Gasteiger partial charge in [-0.15, -0.1) is 0 Å². The molecule has 2 heteroatoms. The van der Waals surface area contributed by atoms with Crippen LogP contribution in [0.5, 0.6) is 0 Å². The summed E-state index contributed by atoms with van der Waals surface area (Å²) in [5.74, 6) is 0. The highest BCUT2D eigenvalue weighted by Gasteiger charge is 1.94. The molecule has 88 valence electrons. The molecule has 0 saturated heterocycles. The van der Waals surface area contributed by atoms with E-state index in [0.717, 1.165) is 25.2 Å². The van der Waals surface area contributed by atoms with Crippen molar-refractivity contribution >= 4 is 5.69 Å². The van der Waals surface area contributed by atoms with Crippen molar-refractivity contribution in [1.29, 1.82) is 0 Å². The Balaban J connectivity index is 1.73. The van der Waals surface area contributed by atoms with Crippen LogP contribution in [0.3, 0.4) is 0 Å². The van der Waals surface area contributed by atoms with Crippen molar-refractivity contribution < 1.29 is 0 Å². The van der Waals surface area contributed by atoms with E-state index < -0.39 is 0 Å². The number of anilines is 1. The monoisotopic (exact) mass is 226 g/mol. The molecule has 0 aromatic heterocycles. The Morgan fingerprint density at radius 2 is 1.65 bits per heavy atom. The van der Waals surface area contributed by atoms with E-state index >= 15 is 0 Å². The van der Waals surface area contributed by atoms with Crippen LogP contribution in [-0.2, 0) is 13.0 Å². The van der Waals surface area contributed by atoms with Crippen molar-refractivity contribution in [2.45, 2.75) is 13.0 Å². The highest BCUT2D eigenvalue weighted by atomic mass is 14.8. The minimum absolute atomic E-state index is 0.838. The number of benzene rings is 2. The molecule has 0 aliphatic carbocycles. The predicted octanol–water partition coefficient (Wildman–Crippen LogP) is 2.60. The van der Waals surface area contributed by atoms with Crippen molar-refractivity contribution in [2.24, 2.45) is 0 Å². The Hall–Kier alpha value is -1.80. The molecule has 0 heterocycles. The van der Waals surface area contributed by atoms with Gasteiger partial charge in [-0.05, 0) is 36.2 Å². The van der Waals surface area contributed by atoms with Gasteiger partial charge in [-0.2, -0.15) is 0 Å². The number of rotatable bonds is 5. The molecule has 0 bridgehead atoms. The summed E-state index contributed by atoms with van der Waals surface area (Å²) >= 11 is 0. The molecule has 3 N–H and O–H groups in total. The normalized spacial score (nSPS) is 10.4. The van der Waals surface area contributed by atoms with Gasteiger partial charge in [-0.1, -0.05) is 42.5 Å². The quantitative estimate of drug-likeness (QED) is 0.607. The zero-order valence-electron chi connectivity index (χ0n) is 9.89. The summed E-state index contributed by atoms with van der Waals surface area (Å²) < 4.78 is 0. The highest BCUT2D eigenvalue weighted by Crippen LogP contribution is 2.06. The Morgan fingerprint density at radius 1 is 0.882 bits per heavy atom. The van der Waals surface area contributed by atoms with Gasteiger partial charge < -0.3 is 11.1 Å². The molecule has 0 fully saturated rings. The lowest BCUT2D eigenvalue weighted by atomic mass is 10.1. The molecule has 2 rings (SSSR count). The molecular formula is C15H18N2. The second-order valence-corrected chi connectivity index (χ2v) is 4.16. The second kappa shape index (κ2) is 6.06. The van der Waals surface area contributed by atoms with E-state index in [1.54, 1.807) is 0 Å². The van der Waals surface area contributed by atoms with E-state index in [2.05, 4.69) is 35.6 Å². The van der Waals surface area contributed by atoms with Gasteiger partial charge in [0.25, 0.3) is 0 Å². The van der Waals surface area contributed by atoms with Crippen molar-refractivity contribution in [2.75, 3.05) is 12.3 Å². The van der Waals surface area contributed by atoms with E-state index in [0.29, 0.717) is 0 Å². The fourth-order valence-corrected chi connectivity index (χ4v) is 1.81. The Morgan fingerprint density at radius 3 is 2.41 bits per heavy atom. The Kier molecular flexibility index (Phi) is 4.17. The van der Waals surface area contributed by atoms with E-state index in [-0.39, 0.29) is 0 Å². The molecule has 0 aliphatic heterocycles. The lowest BCUT2D eigenvalue weighted by Crippen LogP contribution is -2.16. The van der Waals surface area contributed by atoms with Gasteiger partial charge in [0.15, 0.2) is 0 Å². The largest absolute Gasteiger partial charge is 0.399 e. The predicted molar refractivity (Wildman–Crippen MR) is 72.7 cm³/mol. The lowest BCUT2D eigenvalue weighted by molar-refractivity contribution is 0.687. The second-order valence-electron chi connectivity index (χ2n) is 4.16. The molecule has 0 spiro atoms. The first-order chi connectivity index (χ1) is 8.34. The van der Waals surface area contributed by atoms with Gasteiger partial charge >= 0.3 is 0 Å². The zero-order chi connectivity index (χ0) is 11.9. The smallest absolute Gasteiger partial charge is 0.0316 e. The number of hydrogen-bond acceptors (Lipinski definition) is 2. The van der Waals surface area contributed by atoms with Crippen LogP contribution in [0.15, 0.2) is 54.6 Å². The van der Waals surface area contributed by atoms with Gasteiger partial charge in [0.05, 0.1) is 0 Å². The summed E-state index contributed by atoms with van der Waals surface area (Å²) in [6.07, 6.45) is 1.01. The molecular weight excluding hydrogens is 208 g/mol. The molecule has 0 radical (unpaired) electrons. The number of hydrogen-bond donors (Lipinski definition) is 2. The number of nitrogen functional groups attached to an aromatic ring is 1. The number of nitrogens with one attached hydrogen (secondary N) is 1. The molecule has 0 amide bonds. The van der Waals surface area contributed by atoms with Gasteiger partial charge in [0.2, 0.25) is 0 Å². The maximum atomic E-state index is 5.73. The third kappa shape index (κ3) is 3.93. The molecule has 2 aromatic carbocycles. The molecule has 0 unspecified atom stereocenters. The first kappa shape index (κ1) is 11.7. The van der Waals surface area contributed by atoms with Crippen molar-refractivity contribution in [1.82, 2.24) is 5.32 Å². The van der Waals surface area contributed by atoms with E-state index in [4.69, 9.17) is 5.73 Å². The molecule has 17 heavy (non-hydrogen) atoms. The van der Waals surface area contributed by atoms with Gasteiger partial charge in [0.1, 0.15) is 0 Å². The maximum Gasteiger partial charge on any atom is 0.0316 e. The maximum absolute atomic E-state index is 5.73. The van der Waals surface area contributed by atoms with Gasteiger partial charge in [0, 0.05) is 12.2 Å². The average molecular weight is 226 g/mol. The first-order valence-corrected chi connectivity index (χ1v) is 5.93.